The minimum Gasteiger partial charge on any atom is -0.467 e. The van der Waals surface area contributed by atoms with Gasteiger partial charge in [0.1, 0.15) is 11.9 Å². The number of anilines is 1. The van der Waals surface area contributed by atoms with Gasteiger partial charge in [0, 0.05) is 5.92 Å². The third kappa shape index (κ3) is 3.60. The highest BCUT2D eigenvalue weighted by Crippen LogP contribution is 2.24. The van der Waals surface area contributed by atoms with E-state index in [9.17, 15) is 9.18 Å². The molecule has 2 unspecified atom stereocenters. The van der Waals surface area contributed by atoms with Crippen LogP contribution in [-0.4, -0.2) is 19.1 Å². The Kier molecular flexibility index (Phi) is 4.93. The Hall–Kier alpha value is -2.36. The van der Waals surface area contributed by atoms with E-state index in [1.165, 1.54) is 13.2 Å². The van der Waals surface area contributed by atoms with E-state index < -0.39 is 17.8 Å². The minimum absolute atomic E-state index is 0.154. The molecule has 1 N–H and O–H groups in total. The Morgan fingerprint density at radius 1 is 1.10 bits per heavy atom. The lowest BCUT2D eigenvalue weighted by Gasteiger charge is -2.24. The van der Waals surface area contributed by atoms with E-state index in [4.69, 9.17) is 4.74 Å². The van der Waals surface area contributed by atoms with Gasteiger partial charge in [0.2, 0.25) is 0 Å². The van der Waals surface area contributed by atoms with Crippen molar-refractivity contribution in [1.29, 1.82) is 0 Å². The van der Waals surface area contributed by atoms with Gasteiger partial charge in [-0.1, -0.05) is 49.4 Å². The maximum absolute atomic E-state index is 13.8. The number of hydrogen-bond donors (Lipinski definition) is 1. The number of halogens is 1. The number of hydrogen-bond acceptors (Lipinski definition) is 3. The van der Waals surface area contributed by atoms with Gasteiger partial charge in [-0.25, -0.2) is 9.18 Å². The first-order valence-electron chi connectivity index (χ1n) is 6.77. The van der Waals surface area contributed by atoms with Crippen LogP contribution >= 0.6 is 0 Å². The summed E-state index contributed by atoms with van der Waals surface area (Å²) in [6, 6.07) is 15.2. The van der Waals surface area contributed by atoms with Crippen molar-refractivity contribution in [3.63, 3.8) is 0 Å². The normalized spacial score (nSPS) is 13.3. The Labute approximate surface area is 123 Å². The van der Waals surface area contributed by atoms with E-state index in [0.29, 0.717) is 0 Å². The summed E-state index contributed by atoms with van der Waals surface area (Å²) in [6.45, 7) is 1.91. The highest BCUT2D eigenvalue weighted by molar-refractivity contribution is 5.80. The Morgan fingerprint density at radius 3 is 2.33 bits per heavy atom. The monoisotopic (exact) mass is 287 g/mol. The van der Waals surface area contributed by atoms with Crippen molar-refractivity contribution in [2.75, 3.05) is 12.4 Å². The molecule has 0 spiro atoms. The standard InChI is InChI=1S/C17H18FNO2/c1-12(13-8-4-3-5-9-13)16(17(20)21-2)19-15-11-7-6-10-14(15)18/h3-12,16,19H,1-2H3. The molecule has 2 atom stereocenters. The van der Waals surface area contributed by atoms with Crippen LogP contribution in [0.1, 0.15) is 18.4 Å². The molecular formula is C17H18FNO2. The van der Waals surface area contributed by atoms with E-state index in [1.54, 1.807) is 18.2 Å². The van der Waals surface area contributed by atoms with Crippen molar-refractivity contribution < 1.29 is 13.9 Å². The molecule has 0 saturated carbocycles. The second kappa shape index (κ2) is 6.88. The maximum Gasteiger partial charge on any atom is 0.328 e. The molecule has 3 nitrogen and oxygen atoms in total. The molecule has 0 fully saturated rings. The molecule has 0 bridgehead atoms. The number of benzene rings is 2. The number of para-hydroxylation sites is 1. The molecule has 0 saturated heterocycles. The molecule has 110 valence electrons. The lowest BCUT2D eigenvalue weighted by atomic mass is 9.93. The van der Waals surface area contributed by atoms with Gasteiger partial charge in [-0.2, -0.15) is 0 Å². The Bertz CT molecular complexity index is 601. The molecule has 0 radical (unpaired) electrons. The van der Waals surface area contributed by atoms with Gasteiger partial charge >= 0.3 is 5.97 Å². The van der Waals surface area contributed by atoms with Gasteiger partial charge in [0.05, 0.1) is 12.8 Å². The molecule has 2 rings (SSSR count). The zero-order chi connectivity index (χ0) is 15.2. The molecule has 2 aromatic carbocycles. The minimum atomic E-state index is -0.658. The average molecular weight is 287 g/mol. The summed E-state index contributed by atoms with van der Waals surface area (Å²) in [5.41, 5.74) is 1.27. The molecule has 0 amide bonds. The summed E-state index contributed by atoms with van der Waals surface area (Å²) in [5.74, 6) is -0.973. The zero-order valence-corrected chi connectivity index (χ0v) is 12.0. The van der Waals surface area contributed by atoms with E-state index in [-0.39, 0.29) is 11.6 Å². The smallest absolute Gasteiger partial charge is 0.328 e. The summed E-state index contributed by atoms with van der Waals surface area (Å²) in [4.78, 5) is 12.0. The quantitative estimate of drug-likeness (QED) is 0.854. The SMILES string of the molecule is COC(=O)C(Nc1ccccc1F)C(C)c1ccccc1. The number of carbonyl (C=O) groups excluding carboxylic acids is 1. The van der Waals surface area contributed by atoms with Crippen molar-refractivity contribution in [2.45, 2.75) is 18.9 Å². The molecule has 0 aliphatic carbocycles. The first-order chi connectivity index (χ1) is 10.1. The highest BCUT2D eigenvalue weighted by atomic mass is 19.1. The fourth-order valence-corrected chi connectivity index (χ4v) is 2.21. The summed E-state index contributed by atoms with van der Waals surface area (Å²) in [5, 5.41) is 2.95. The van der Waals surface area contributed by atoms with Crippen LogP contribution in [0.3, 0.4) is 0 Å². The van der Waals surface area contributed by atoms with Crippen molar-refractivity contribution in [3.05, 3.63) is 66.0 Å². The largest absolute Gasteiger partial charge is 0.467 e. The number of esters is 1. The third-order valence-electron chi connectivity index (χ3n) is 3.47. The van der Waals surface area contributed by atoms with E-state index in [2.05, 4.69) is 5.32 Å². The van der Waals surface area contributed by atoms with Gasteiger partial charge in [-0.15, -0.1) is 0 Å². The van der Waals surface area contributed by atoms with Gasteiger partial charge in [-0.3, -0.25) is 0 Å². The lowest BCUT2D eigenvalue weighted by Crippen LogP contribution is -2.35. The topological polar surface area (TPSA) is 38.3 Å². The molecule has 0 heterocycles. The molecular weight excluding hydrogens is 269 g/mol. The van der Waals surface area contributed by atoms with Crippen molar-refractivity contribution in [2.24, 2.45) is 0 Å². The second-order valence-corrected chi connectivity index (χ2v) is 4.82. The molecule has 0 aromatic heterocycles. The predicted octanol–water partition coefficient (Wildman–Crippen LogP) is 3.58. The van der Waals surface area contributed by atoms with Gasteiger partial charge in [0.15, 0.2) is 0 Å². The van der Waals surface area contributed by atoms with Crippen molar-refractivity contribution in [3.8, 4) is 0 Å². The predicted molar refractivity (Wildman–Crippen MR) is 80.7 cm³/mol. The van der Waals surface area contributed by atoms with Crippen LogP contribution < -0.4 is 5.32 Å². The molecule has 21 heavy (non-hydrogen) atoms. The number of methoxy groups -OCH3 is 1. The van der Waals surface area contributed by atoms with Crippen LogP contribution in [0.25, 0.3) is 0 Å². The van der Waals surface area contributed by atoms with Crippen molar-refractivity contribution in [1.82, 2.24) is 0 Å². The molecule has 0 aliphatic rings. The van der Waals surface area contributed by atoms with E-state index >= 15 is 0 Å². The first-order valence-corrected chi connectivity index (χ1v) is 6.77. The van der Waals surface area contributed by atoms with Gasteiger partial charge in [0.25, 0.3) is 0 Å². The number of ether oxygens (including phenoxy) is 1. The molecule has 0 aliphatic heterocycles. The summed E-state index contributed by atoms with van der Waals surface area (Å²) >= 11 is 0. The van der Waals surface area contributed by atoms with Crippen molar-refractivity contribution >= 4 is 11.7 Å². The zero-order valence-electron chi connectivity index (χ0n) is 12.0. The Balaban J connectivity index is 2.27. The van der Waals surface area contributed by atoms with E-state index in [1.807, 2.05) is 37.3 Å². The molecule has 2 aromatic rings. The van der Waals surface area contributed by atoms with Gasteiger partial charge < -0.3 is 10.1 Å². The van der Waals surface area contributed by atoms with Crippen LogP contribution in [-0.2, 0) is 9.53 Å². The summed E-state index contributed by atoms with van der Waals surface area (Å²) in [7, 11) is 1.33. The highest BCUT2D eigenvalue weighted by Gasteiger charge is 2.27. The van der Waals surface area contributed by atoms with Crippen LogP contribution in [0.4, 0.5) is 10.1 Å². The number of nitrogens with one attached hydrogen (secondary N) is 1. The summed E-state index contributed by atoms with van der Waals surface area (Å²) in [6.07, 6.45) is 0. The third-order valence-corrected chi connectivity index (χ3v) is 3.47. The Morgan fingerprint density at radius 2 is 1.71 bits per heavy atom. The van der Waals surface area contributed by atoms with Crippen LogP contribution in [0.2, 0.25) is 0 Å². The maximum atomic E-state index is 13.8. The lowest BCUT2D eigenvalue weighted by molar-refractivity contribution is -0.142. The number of rotatable bonds is 5. The van der Waals surface area contributed by atoms with Crippen LogP contribution in [0.5, 0.6) is 0 Å². The van der Waals surface area contributed by atoms with E-state index in [0.717, 1.165) is 5.56 Å². The fourth-order valence-electron chi connectivity index (χ4n) is 2.21. The van der Waals surface area contributed by atoms with Crippen LogP contribution in [0, 0.1) is 5.82 Å². The first kappa shape index (κ1) is 15.0. The summed E-state index contributed by atoms with van der Waals surface area (Å²) < 4.78 is 18.6. The average Bonchev–Trinajstić information content (AvgIpc) is 2.53. The van der Waals surface area contributed by atoms with Gasteiger partial charge in [-0.05, 0) is 17.7 Å². The fraction of sp³-hybridized carbons (Fsp3) is 0.235. The molecule has 4 heteroatoms. The second-order valence-electron chi connectivity index (χ2n) is 4.82. The number of carbonyl (C=O) groups is 1. The van der Waals surface area contributed by atoms with Crippen LogP contribution in [0.15, 0.2) is 54.6 Å².